The Hall–Kier alpha value is -2.29. The van der Waals surface area contributed by atoms with E-state index in [-0.39, 0.29) is 43.1 Å². The molecule has 2 atom stereocenters. The first-order chi connectivity index (χ1) is 15.8. The fourth-order valence-electron chi connectivity index (χ4n) is 4.87. The number of aromatic nitrogens is 1. The SMILES string of the molecule is CN(C)CCN1C(=O)C[C@](CC(=O)N2CCCC[C@@H]2c2nccs2)(c2ccccc2Cl)C1=O. The van der Waals surface area contributed by atoms with Crippen molar-refractivity contribution in [2.75, 3.05) is 33.7 Å². The van der Waals surface area contributed by atoms with Crippen LogP contribution >= 0.6 is 22.9 Å². The van der Waals surface area contributed by atoms with E-state index in [0.29, 0.717) is 23.7 Å². The number of thiazole rings is 1. The van der Waals surface area contributed by atoms with Crippen LogP contribution in [0.3, 0.4) is 0 Å². The average Bonchev–Trinajstić information content (AvgIpc) is 3.40. The van der Waals surface area contributed by atoms with Crippen molar-refractivity contribution in [1.29, 1.82) is 0 Å². The molecule has 176 valence electrons. The van der Waals surface area contributed by atoms with Gasteiger partial charge in [-0.25, -0.2) is 4.98 Å². The van der Waals surface area contributed by atoms with Crippen molar-refractivity contribution in [1.82, 2.24) is 19.7 Å². The molecule has 0 spiro atoms. The zero-order chi connectivity index (χ0) is 23.6. The highest BCUT2D eigenvalue weighted by atomic mass is 35.5. The summed E-state index contributed by atoms with van der Waals surface area (Å²) >= 11 is 8.08. The van der Waals surface area contributed by atoms with Gasteiger partial charge in [0.05, 0.1) is 11.5 Å². The first-order valence-electron chi connectivity index (χ1n) is 11.3. The van der Waals surface area contributed by atoms with Gasteiger partial charge < -0.3 is 9.80 Å². The predicted octanol–water partition coefficient (Wildman–Crippen LogP) is 3.50. The van der Waals surface area contributed by atoms with E-state index in [1.807, 2.05) is 29.3 Å². The number of hydrogen-bond donors (Lipinski definition) is 0. The smallest absolute Gasteiger partial charge is 0.240 e. The van der Waals surface area contributed by atoms with Gasteiger partial charge in [-0.15, -0.1) is 11.3 Å². The molecule has 0 radical (unpaired) electrons. The van der Waals surface area contributed by atoms with Gasteiger partial charge in [-0.2, -0.15) is 0 Å². The summed E-state index contributed by atoms with van der Waals surface area (Å²) in [7, 11) is 3.79. The highest BCUT2D eigenvalue weighted by Crippen LogP contribution is 2.44. The number of hydrogen-bond acceptors (Lipinski definition) is 6. The molecular formula is C24H29ClN4O3S. The van der Waals surface area contributed by atoms with Crippen LogP contribution < -0.4 is 0 Å². The van der Waals surface area contributed by atoms with Crippen molar-refractivity contribution in [3.63, 3.8) is 0 Å². The van der Waals surface area contributed by atoms with Crippen LogP contribution in [0, 0.1) is 0 Å². The molecule has 2 aromatic rings. The van der Waals surface area contributed by atoms with E-state index < -0.39 is 5.41 Å². The zero-order valence-corrected chi connectivity index (χ0v) is 20.6. The van der Waals surface area contributed by atoms with Crippen LogP contribution in [0.2, 0.25) is 5.02 Å². The average molecular weight is 489 g/mol. The minimum absolute atomic E-state index is 0.0511. The number of amides is 3. The topological polar surface area (TPSA) is 73.8 Å². The Kier molecular flexibility index (Phi) is 7.16. The second-order valence-electron chi connectivity index (χ2n) is 9.04. The number of likely N-dealkylation sites (tertiary alicyclic amines) is 2. The predicted molar refractivity (Wildman–Crippen MR) is 128 cm³/mol. The normalized spacial score (nSPS) is 23.6. The molecule has 0 bridgehead atoms. The molecule has 0 aliphatic carbocycles. The van der Waals surface area contributed by atoms with E-state index in [1.54, 1.807) is 41.8 Å². The molecule has 0 saturated carbocycles. The van der Waals surface area contributed by atoms with Gasteiger partial charge in [0.15, 0.2) is 0 Å². The Labute approximate surface area is 203 Å². The largest absolute Gasteiger partial charge is 0.333 e. The summed E-state index contributed by atoms with van der Waals surface area (Å²) in [6.45, 7) is 1.47. The number of likely N-dealkylation sites (N-methyl/N-ethyl adjacent to an activating group) is 1. The lowest BCUT2D eigenvalue weighted by molar-refractivity contribution is -0.144. The Morgan fingerprint density at radius 3 is 2.76 bits per heavy atom. The quantitative estimate of drug-likeness (QED) is 0.558. The molecule has 2 aliphatic rings. The summed E-state index contributed by atoms with van der Waals surface area (Å²) < 4.78 is 0. The fraction of sp³-hybridized carbons (Fsp3) is 0.500. The van der Waals surface area contributed by atoms with E-state index >= 15 is 0 Å². The van der Waals surface area contributed by atoms with E-state index in [4.69, 9.17) is 11.6 Å². The fourth-order valence-corrected chi connectivity index (χ4v) is 5.97. The highest BCUT2D eigenvalue weighted by molar-refractivity contribution is 7.09. The molecule has 1 aromatic heterocycles. The summed E-state index contributed by atoms with van der Waals surface area (Å²) in [5.74, 6) is -0.728. The number of imide groups is 1. The summed E-state index contributed by atoms with van der Waals surface area (Å²) in [5, 5.41) is 3.23. The van der Waals surface area contributed by atoms with Crippen molar-refractivity contribution in [2.24, 2.45) is 0 Å². The molecule has 9 heteroatoms. The minimum Gasteiger partial charge on any atom is -0.333 e. The summed E-state index contributed by atoms with van der Waals surface area (Å²) in [6.07, 6.45) is 4.41. The van der Waals surface area contributed by atoms with Gasteiger partial charge in [0.25, 0.3) is 0 Å². The molecule has 2 saturated heterocycles. The van der Waals surface area contributed by atoms with Crippen LogP contribution in [0.15, 0.2) is 35.8 Å². The Bertz CT molecular complexity index is 1030. The van der Waals surface area contributed by atoms with Crippen LogP contribution in [0.5, 0.6) is 0 Å². The molecule has 4 rings (SSSR count). The third kappa shape index (κ3) is 4.69. The van der Waals surface area contributed by atoms with E-state index in [9.17, 15) is 14.4 Å². The van der Waals surface area contributed by atoms with Crippen molar-refractivity contribution < 1.29 is 14.4 Å². The van der Waals surface area contributed by atoms with Crippen LogP contribution in [-0.4, -0.2) is 71.1 Å². The van der Waals surface area contributed by atoms with Crippen molar-refractivity contribution in [3.05, 3.63) is 51.4 Å². The van der Waals surface area contributed by atoms with Crippen LogP contribution in [0.4, 0.5) is 0 Å². The van der Waals surface area contributed by atoms with E-state index in [2.05, 4.69) is 4.98 Å². The maximum atomic E-state index is 13.8. The monoisotopic (exact) mass is 488 g/mol. The maximum Gasteiger partial charge on any atom is 0.240 e. The molecule has 0 N–H and O–H groups in total. The summed E-state index contributed by atoms with van der Waals surface area (Å²) in [5.41, 5.74) is -0.738. The van der Waals surface area contributed by atoms with Gasteiger partial charge in [-0.3, -0.25) is 19.3 Å². The lowest BCUT2D eigenvalue weighted by atomic mass is 9.75. The molecule has 1 aromatic carbocycles. The first kappa shape index (κ1) is 23.9. The molecule has 0 unspecified atom stereocenters. The Morgan fingerprint density at radius 2 is 2.06 bits per heavy atom. The van der Waals surface area contributed by atoms with Crippen LogP contribution in [0.25, 0.3) is 0 Å². The highest BCUT2D eigenvalue weighted by Gasteiger charge is 2.55. The van der Waals surface area contributed by atoms with Gasteiger partial charge in [0, 0.05) is 49.1 Å². The molecule has 3 amide bonds. The third-order valence-corrected chi connectivity index (χ3v) is 7.79. The second-order valence-corrected chi connectivity index (χ2v) is 10.4. The van der Waals surface area contributed by atoms with E-state index in [1.165, 1.54) is 4.90 Å². The number of halogens is 1. The van der Waals surface area contributed by atoms with E-state index in [0.717, 1.165) is 24.3 Å². The lowest BCUT2D eigenvalue weighted by Crippen LogP contribution is -2.46. The van der Waals surface area contributed by atoms with Gasteiger partial charge in [-0.05, 0) is 45.0 Å². The number of carbonyl (C=O) groups is 3. The lowest BCUT2D eigenvalue weighted by Gasteiger charge is -2.37. The van der Waals surface area contributed by atoms with Crippen LogP contribution in [-0.2, 0) is 19.8 Å². The first-order valence-corrected chi connectivity index (χ1v) is 12.5. The number of carbonyl (C=O) groups excluding carboxylic acids is 3. The second kappa shape index (κ2) is 9.91. The maximum absolute atomic E-state index is 13.8. The van der Waals surface area contributed by atoms with Gasteiger partial charge >= 0.3 is 0 Å². The van der Waals surface area contributed by atoms with Gasteiger partial charge in [0.1, 0.15) is 5.01 Å². The zero-order valence-electron chi connectivity index (χ0n) is 19.0. The molecule has 7 nitrogen and oxygen atoms in total. The van der Waals surface area contributed by atoms with Crippen LogP contribution in [0.1, 0.15) is 48.7 Å². The molecule has 33 heavy (non-hydrogen) atoms. The Morgan fingerprint density at radius 1 is 1.27 bits per heavy atom. The van der Waals surface area contributed by atoms with Crippen molar-refractivity contribution in [3.8, 4) is 0 Å². The Balaban J connectivity index is 1.68. The number of benzene rings is 1. The molecule has 2 fully saturated rings. The summed E-state index contributed by atoms with van der Waals surface area (Å²) in [4.78, 5) is 50.1. The standard InChI is InChI=1S/C24H29ClN4O3S/c1-27(2)12-13-29-21(31)16-24(23(29)32,17-7-3-4-8-18(17)25)15-20(30)28-11-6-5-9-19(28)22-26-10-14-33-22/h3-4,7-8,10,14,19H,5-6,9,11-13,15-16H2,1-2H3/t19-,24-/m1/s1. The molecule has 3 heterocycles. The number of piperidine rings is 1. The van der Waals surface area contributed by atoms with Crippen molar-refractivity contribution >= 4 is 40.7 Å². The van der Waals surface area contributed by atoms with Gasteiger partial charge in [-0.1, -0.05) is 29.8 Å². The third-order valence-electron chi connectivity index (χ3n) is 6.58. The molecular weight excluding hydrogens is 460 g/mol. The summed E-state index contributed by atoms with van der Waals surface area (Å²) in [6, 6.07) is 6.97. The number of rotatable bonds is 7. The molecule has 2 aliphatic heterocycles. The van der Waals surface area contributed by atoms with Gasteiger partial charge in [0.2, 0.25) is 17.7 Å². The minimum atomic E-state index is -1.29. The number of nitrogens with zero attached hydrogens (tertiary/aromatic N) is 4. The van der Waals surface area contributed by atoms with Crippen molar-refractivity contribution in [2.45, 2.75) is 43.6 Å².